The highest BCUT2D eigenvalue weighted by Gasteiger charge is 2.22. The second-order valence-electron chi connectivity index (χ2n) is 4.51. The first kappa shape index (κ1) is 11.9. The normalized spacial score (nSPS) is 15.7. The van der Waals surface area contributed by atoms with E-state index in [1.54, 1.807) is 17.2 Å². The molecule has 0 unspecified atom stereocenters. The van der Waals surface area contributed by atoms with Gasteiger partial charge in [0.05, 0.1) is 13.2 Å². The Kier molecular flexibility index (Phi) is 3.05. The van der Waals surface area contributed by atoms with Crippen LogP contribution in [0.4, 0.5) is 5.69 Å². The highest BCUT2D eigenvalue weighted by atomic mass is 16.5. The number of rotatable bonds is 1. The number of nitrogen functional groups attached to an aromatic ring is 1. The van der Waals surface area contributed by atoms with E-state index in [0.29, 0.717) is 37.7 Å². The summed E-state index contributed by atoms with van der Waals surface area (Å²) < 4.78 is 5.26. The van der Waals surface area contributed by atoms with Crippen molar-refractivity contribution in [3.05, 3.63) is 36.2 Å². The van der Waals surface area contributed by atoms with Crippen LogP contribution < -0.4 is 5.73 Å². The quantitative estimate of drug-likeness (QED) is 0.782. The molecule has 2 aromatic rings. The molecule has 1 aromatic carbocycles. The lowest BCUT2D eigenvalue weighted by Crippen LogP contribution is -2.41. The van der Waals surface area contributed by atoms with Crippen LogP contribution in [0.25, 0.3) is 10.8 Å². The molecule has 5 heteroatoms. The zero-order valence-electron chi connectivity index (χ0n) is 10.5. The van der Waals surface area contributed by atoms with Gasteiger partial charge in [-0.3, -0.25) is 9.78 Å². The largest absolute Gasteiger partial charge is 0.398 e. The molecule has 0 atom stereocenters. The molecule has 1 amide bonds. The zero-order chi connectivity index (χ0) is 13.2. The van der Waals surface area contributed by atoms with E-state index in [4.69, 9.17) is 10.5 Å². The fraction of sp³-hybridized carbons (Fsp3) is 0.286. The monoisotopic (exact) mass is 257 g/mol. The Morgan fingerprint density at radius 2 is 2.05 bits per heavy atom. The Morgan fingerprint density at radius 1 is 1.26 bits per heavy atom. The Labute approximate surface area is 111 Å². The van der Waals surface area contributed by atoms with Gasteiger partial charge in [0.25, 0.3) is 5.91 Å². The summed E-state index contributed by atoms with van der Waals surface area (Å²) in [6.07, 6.45) is 1.65. The van der Waals surface area contributed by atoms with Crippen molar-refractivity contribution in [2.45, 2.75) is 0 Å². The summed E-state index contributed by atoms with van der Waals surface area (Å²) in [5, 5.41) is 1.67. The molecule has 3 rings (SSSR count). The summed E-state index contributed by atoms with van der Waals surface area (Å²) in [7, 11) is 0. The number of aromatic nitrogens is 1. The van der Waals surface area contributed by atoms with Crippen LogP contribution in [0.3, 0.4) is 0 Å². The van der Waals surface area contributed by atoms with Crippen molar-refractivity contribution in [1.82, 2.24) is 9.88 Å². The number of pyridine rings is 1. The second kappa shape index (κ2) is 4.85. The molecule has 1 saturated heterocycles. The van der Waals surface area contributed by atoms with E-state index in [1.165, 1.54) is 0 Å². The second-order valence-corrected chi connectivity index (χ2v) is 4.51. The van der Waals surface area contributed by atoms with E-state index in [0.717, 1.165) is 10.8 Å². The van der Waals surface area contributed by atoms with Crippen molar-refractivity contribution in [2.24, 2.45) is 0 Å². The summed E-state index contributed by atoms with van der Waals surface area (Å²) in [4.78, 5) is 18.5. The lowest BCUT2D eigenvalue weighted by atomic mass is 10.1. The molecule has 0 saturated carbocycles. The predicted molar refractivity (Wildman–Crippen MR) is 72.9 cm³/mol. The third-order valence-corrected chi connectivity index (χ3v) is 3.32. The van der Waals surface area contributed by atoms with Gasteiger partial charge in [0.1, 0.15) is 5.69 Å². The molecular formula is C14H15N3O2. The molecule has 2 heterocycles. The maximum absolute atomic E-state index is 12.5. The minimum absolute atomic E-state index is 0.0770. The topological polar surface area (TPSA) is 68.5 Å². The van der Waals surface area contributed by atoms with E-state index in [1.807, 2.05) is 18.2 Å². The van der Waals surface area contributed by atoms with E-state index >= 15 is 0 Å². The molecule has 0 bridgehead atoms. The number of hydrogen-bond acceptors (Lipinski definition) is 4. The maximum atomic E-state index is 12.5. The first-order valence-corrected chi connectivity index (χ1v) is 6.27. The minimum Gasteiger partial charge on any atom is -0.398 e. The van der Waals surface area contributed by atoms with Gasteiger partial charge in [0, 0.05) is 30.4 Å². The molecule has 1 aliphatic rings. The first-order chi connectivity index (χ1) is 9.27. The third-order valence-electron chi connectivity index (χ3n) is 3.32. The number of carbonyl (C=O) groups is 1. The number of morpholine rings is 1. The number of hydrogen-bond donors (Lipinski definition) is 1. The number of nitrogens with zero attached hydrogens (tertiary/aromatic N) is 2. The molecular weight excluding hydrogens is 242 g/mol. The molecule has 5 nitrogen and oxygen atoms in total. The van der Waals surface area contributed by atoms with Crippen LogP contribution in [0.15, 0.2) is 30.5 Å². The average Bonchev–Trinajstić information content (AvgIpc) is 2.47. The summed E-state index contributed by atoms with van der Waals surface area (Å²) in [6.45, 7) is 2.35. The molecule has 1 fully saturated rings. The van der Waals surface area contributed by atoms with Crippen LogP contribution in [0.2, 0.25) is 0 Å². The fourth-order valence-corrected chi connectivity index (χ4v) is 2.34. The Morgan fingerprint density at radius 3 is 2.84 bits per heavy atom. The van der Waals surface area contributed by atoms with Crippen LogP contribution >= 0.6 is 0 Å². The van der Waals surface area contributed by atoms with Gasteiger partial charge in [-0.05, 0) is 17.5 Å². The van der Waals surface area contributed by atoms with E-state index in [2.05, 4.69) is 4.98 Å². The first-order valence-electron chi connectivity index (χ1n) is 6.27. The molecule has 1 aromatic heterocycles. The van der Waals surface area contributed by atoms with Gasteiger partial charge in [0.2, 0.25) is 0 Å². The Balaban J connectivity index is 2.06. The molecule has 2 N–H and O–H groups in total. The number of fused-ring (bicyclic) bond motifs is 1. The molecule has 1 aliphatic heterocycles. The van der Waals surface area contributed by atoms with Crippen LogP contribution in [-0.2, 0) is 4.74 Å². The Bertz CT molecular complexity index is 616. The van der Waals surface area contributed by atoms with Gasteiger partial charge in [0.15, 0.2) is 0 Å². The number of amides is 1. The van der Waals surface area contributed by atoms with Gasteiger partial charge in [-0.2, -0.15) is 0 Å². The summed E-state index contributed by atoms with van der Waals surface area (Å²) in [5.41, 5.74) is 7.00. The third kappa shape index (κ3) is 2.13. The molecule has 0 radical (unpaired) electrons. The smallest absolute Gasteiger partial charge is 0.273 e. The number of nitrogens with two attached hydrogens (primary N) is 1. The lowest BCUT2D eigenvalue weighted by molar-refractivity contribution is 0.0300. The predicted octanol–water partition coefficient (Wildman–Crippen LogP) is 1.29. The minimum atomic E-state index is -0.0770. The van der Waals surface area contributed by atoms with E-state index in [-0.39, 0.29) is 5.91 Å². The number of ether oxygens (including phenoxy) is 1. The van der Waals surface area contributed by atoms with Crippen molar-refractivity contribution in [3.63, 3.8) is 0 Å². The van der Waals surface area contributed by atoms with E-state index in [9.17, 15) is 4.79 Å². The molecule has 19 heavy (non-hydrogen) atoms. The molecule has 0 spiro atoms. The van der Waals surface area contributed by atoms with Crippen LogP contribution in [0, 0.1) is 0 Å². The van der Waals surface area contributed by atoms with Gasteiger partial charge in [-0.15, -0.1) is 0 Å². The van der Waals surface area contributed by atoms with Crippen molar-refractivity contribution < 1.29 is 9.53 Å². The van der Waals surface area contributed by atoms with Crippen molar-refractivity contribution >= 4 is 22.4 Å². The summed E-state index contributed by atoms with van der Waals surface area (Å²) >= 11 is 0. The number of benzene rings is 1. The van der Waals surface area contributed by atoms with Crippen molar-refractivity contribution in [2.75, 3.05) is 32.0 Å². The fourth-order valence-electron chi connectivity index (χ4n) is 2.34. The lowest BCUT2D eigenvalue weighted by Gasteiger charge is -2.26. The van der Waals surface area contributed by atoms with Gasteiger partial charge in [-0.25, -0.2) is 0 Å². The van der Waals surface area contributed by atoms with E-state index < -0.39 is 0 Å². The van der Waals surface area contributed by atoms with Gasteiger partial charge < -0.3 is 15.4 Å². The number of anilines is 1. The summed E-state index contributed by atoms with van der Waals surface area (Å²) in [5.74, 6) is -0.0770. The summed E-state index contributed by atoms with van der Waals surface area (Å²) in [6, 6.07) is 7.46. The SMILES string of the molecule is Nc1cccc2ccnc(C(=O)N3CCOCC3)c12. The Hall–Kier alpha value is -2.14. The maximum Gasteiger partial charge on any atom is 0.273 e. The van der Waals surface area contributed by atoms with Gasteiger partial charge in [-0.1, -0.05) is 12.1 Å². The average molecular weight is 257 g/mol. The molecule has 0 aliphatic carbocycles. The molecule has 98 valence electrons. The van der Waals surface area contributed by atoms with Crippen molar-refractivity contribution in [3.8, 4) is 0 Å². The van der Waals surface area contributed by atoms with Crippen LogP contribution in [0.5, 0.6) is 0 Å². The zero-order valence-corrected chi connectivity index (χ0v) is 10.5. The van der Waals surface area contributed by atoms with Crippen molar-refractivity contribution in [1.29, 1.82) is 0 Å². The van der Waals surface area contributed by atoms with Crippen LogP contribution in [-0.4, -0.2) is 42.1 Å². The van der Waals surface area contributed by atoms with Gasteiger partial charge >= 0.3 is 0 Å². The standard InChI is InChI=1S/C14H15N3O2/c15-11-3-1-2-10-4-5-16-13(12(10)11)14(18)17-6-8-19-9-7-17/h1-5H,6-9,15H2. The number of carbonyl (C=O) groups excluding carboxylic acids is 1. The highest BCUT2D eigenvalue weighted by molar-refractivity contribution is 6.09. The highest BCUT2D eigenvalue weighted by Crippen LogP contribution is 2.24. The van der Waals surface area contributed by atoms with Crippen LogP contribution in [0.1, 0.15) is 10.5 Å².